The minimum Gasteiger partial charge on any atom is -0.364 e. The number of fused-ring (bicyclic) bond motifs is 1. The number of ether oxygens (including phenoxy) is 1. The summed E-state index contributed by atoms with van der Waals surface area (Å²) in [6.07, 6.45) is 3.50. The molecule has 0 bridgehead atoms. The number of hydrogen-bond donors (Lipinski definition) is 2. The normalized spacial score (nSPS) is 27.2. The fraction of sp³-hybridized carbons (Fsp3) is 0.625. The van der Waals surface area contributed by atoms with E-state index in [4.69, 9.17) is 4.74 Å². The molecule has 22 heavy (non-hydrogen) atoms. The van der Waals surface area contributed by atoms with Crippen molar-refractivity contribution in [2.24, 2.45) is 0 Å². The van der Waals surface area contributed by atoms with E-state index in [1.807, 2.05) is 13.8 Å². The van der Waals surface area contributed by atoms with Gasteiger partial charge in [0.15, 0.2) is 6.54 Å². The van der Waals surface area contributed by atoms with Crippen molar-refractivity contribution in [1.82, 2.24) is 0 Å². The van der Waals surface area contributed by atoms with Crippen molar-refractivity contribution in [3.05, 3.63) is 16.0 Å². The average molecular weight is 320 g/mol. The van der Waals surface area contributed by atoms with E-state index < -0.39 is 0 Å². The first-order chi connectivity index (χ1) is 10.6. The molecule has 0 aromatic carbocycles. The molecular formula is C16H22N3O2S+. The number of hydrogen-bond acceptors (Lipinski definition) is 4. The largest absolute Gasteiger partial charge is 0.364 e. The summed E-state index contributed by atoms with van der Waals surface area (Å²) in [7, 11) is 0. The van der Waals surface area contributed by atoms with E-state index in [0.29, 0.717) is 12.1 Å². The molecular weight excluding hydrogens is 298 g/mol. The lowest BCUT2D eigenvalue weighted by molar-refractivity contribution is -0.907. The SMILES string of the molecule is C[C@H]1C[NH+](CC(=O)Nc2sc3c(c2C#N)CCC3)C[C@H](C)O1. The average Bonchev–Trinajstić information content (AvgIpc) is 2.97. The molecule has 1 saturated heterocycles. The van der Waals surface area contributed by atoms with E-state index in [-0.39, 0.29) is 18.1 Å². The number of nitrogens with one attached hydrogen (secondary N) is 2. The number of nitrogens with zero attached hydrogens (tertiary/aromatic N) is 1. The second-order valence-electron chi connectivity index (χ2n) is 6.31. The molecule has 5 nitrogen and oxygen atoms in total. The third kappa shape index (κ3) is 3.17. The zero-order valence-corrected chi connectivity index (χ0v) is 13.9. The molecule has 0 saturated carbocycles. The molecule has 0 radical (unpaired) electrons. The topological polar surface area (TPSA) is 66.6 Å². The van der Waals surface area contributed by atoms with Crippen molar-refractivity contribution in [2.45, 2.75) is 45.3 Å². The van der Waals surface area contributed by atoms with Crippen LogP contribution in [0.5, 0.6) is 0 Å². The molecule has 0 unspecified atom stereocenters. The van der Waals surface area contributed by atoms with Gasteiger partial charge in [-0.1, -0.05) is 0 Å². The van der Waals surface area contributed by atoms with Crippen molar-refractivity contribution in [3.63, 3.8) is 0 Å². The third-order valence-corrected chi connectivity index (χ3v) is 5.52. The maximum atomic E-state index is 12.3. The second kappa shape index (κ2) is 6.37. The van der Waals surface area contributed by atoms with Gasteiger partial charge in [-0.15, -0.1) is 11.3 Å². The zero-order chi connectivity index (χ0) is 15.7. The van der Waals surface area contributed by atoms with Gasteiger partial charge in [0.05, 0.1) is 5.56 Å². The van der Waals surface area contributed by atoms with Crippen molar-refractivity contribution < 1.29 is 14.4 Å². The molecule has 6 heteroatoms. The van der Waals surface area contributed by atoms with Crippen molar-refractivity contribution in [2.75, 3.05) is 25.0 Å². The number of amides is 1. The molecule has 0 spiro atoms. The Morgan fingerprint density at radius 3 is 2.82 bits per heavy atom. The number of aryl methyl sites for hydroxylation is 1. The van der Waals surface area contributed by atoms with E-state index in [1.165, 1.54) is 9.78 Å². The highest BCUT2D eigenvalue weighted by Crippen LogP contribution is 2.38. The maximum absolute atomic E-state index is 12.3. The van der Waals surface area contributed by atoms with Crippen molar-refractivity contribution >= 4 is 22.2 Å². The standard InChI is InChI=1S/C16H21N3O2S/c1-10-7-19(8-11(2)21-10)9-15(20)18-16-13(6-17)12-4-3-5-14(12)22-16/h10-11H,3-5,7-9H2,1-2H3,(H,18,20)/p+1/t10-,11-/m0/s1. The number of carbonyl (C=O) groups excluding carboxylic acids is 1. The highest BCUT2D eigenvalue weighted by Gasteiger charge is 2.28. The number of nitriles is 1. The Hall–Kier alpha value is -1.42. The number of carbonyl (C=O) groups is 1. The summed E-state index contributed by atoms with van der Waals surface area (Å²) in [5.74, 6) is -0.00674. The molecule has 118 valence electrons. The van der Waals surface area contributed by atoms with Crippen LogP contribution in [0.15, 0.2) is 0 Å². The molecule has 2 aliphatic rings. The lowest BCUT2D eigenvalue weighted by Crippen LogP contribution is -3.16. The second-order valence-corrected chi connectivity index (χ2v) is 7.42. The summed E-state index contributed by atoms with van der Waals surface area (Å²) in [4.78, 5) is 14.8. The molecule has 2 atom stereocenters. The minimum absolute atomic E-state index is 0.00674. The van der Waals surface area contributed by atoms with Crippen LogP contribution >= 0.6 is 11.3 Å². The van der Waals surface area contributed by atoms with Gasteiger partial charge in [-0.2, -0.15) is 5.26 Å². The first kappa shape index (κ1) is 15.5. The van der Waals surface area contributed by atoms with Gasteiger partial charge in [0, 0.05) is 4.88 Å². The number of anilines is 1. The van der Waals surface area contributed by atoms with Gasteiger partial charge in [-0.25, -0.2) is 0 Å². The van der Waals surface area contributed by atoms with E-state index in [1.54, 1.807) is 11.3 Å². The Morgan fingerprint density at radius 2 is 2.14 bits per heavy atom. The van der Waals surface area contributed by atoms with Crippen LogP contribution in [0.4, 0.5) is 5.00 Å². The van der Waals surface area contributed by atoms with Gasteiger partial charge in [0.1, 0.15) is 36.4 Å². The highest BCUT2D eigenvalue weighted by atomic mass is 32.1. The molecule has 2 N–H and O–H groups in total. The molecule has 1 amide bonds. The predicted octanol–water partition coefficient (Wildman–Crippen LogP) is 0.739. The molecule has 1 fully saturated rings. The molecule has 2 heterocycles. The Kier molecular flexibility index (Phi) is 4.48. The summed E-state index contributed by atoms with van der Waals surface area (Å²) in [6.45, 7) is 6.23. The fourth-order valence-corrected chi connectivity index (χ4v) is 4.80. The van der Waals surface area contributed by atoms with Gasteiger partial charge < -0.3 is 15.0 Å². The quantitative estimate of drug-likeness (QED) is 0.863. The van der Waals surface area contributed by atoms with Gasteiger partial charge in [-0.05, 0) is 38.7 Å². The summed E-state index contributed by atoms with van der Waals surface area (Å²) >= 11 is 1.58. The van der Waals surface area contributed by atoms with Crippen LogP contribution in [-0.4, -0.2) is 37.7 Å². The monoisotopic (exact) mass is 320 g/mol. The maximum Gasteiger partial charge on any atom is 0.280 e. The lowest BCUT2D eigenvalue weighted by atomic mass is 10.1. The van der Waals surface area contributed by atoms with Gasteiger partial charge in [0.25, 0.3) is 5.91 Å². The minimum atomic E-state index is -0.00674. The zero-order valence-electron chi connectivity index (χ0n) is 13.1. The summed E-state index contributed by atoms with van der Waals surface area (Å²) in [5.41, 5.74) is 1.84. The summed E-state index contributed by atoms with van der Waals surface area (Å²) in [6, 6.07) is 2.27. The van der Waals surface area contributed by atoms with Crippen LogP contribution in [-0.2, 0) is 22.4 Å². The van der Waals surface area contributed by atoms with E-state index >= 15 is 0 Å². The molecule has 1 aromatic heterocycles. The van der Waals surface area contributed by atoms with E-state index in [9.17, 15) is 10.1 Å². The van der Waals surface area contributed by atoms with Crippen LogP contribution in [0, 0.1) is 11.3 Å². The number of morpholine rings is 1. The van der Waals surface area contributed by atoms with Crippen LogP contribution in [0.3, 0.4) is 0 Å². The number of rotatable bonds is 3. The molecule has 1 aliphatic heterocycles. The number of thiophene rings is 1. The summed E-state index contributed by atoms with van der Waals surface area (Å²) < 4.78 is 5.70. The van der Waals surface area contributed by atoms with Gasteiger partial charge >= 0.3 is 0 Å². The molecule has 1 aliphatic carbocycles. The first-order valence-corrected chi connectivity index (χ1v) is 8.72. The highest BCUT2D eigenvalue weighted by molar-refractivity contribution is 7.16. The summed E-state index contributed by atoms with van der Waals surface area (Å²) in [5, 5.41) is 13.1. The third-order valence-electron chi connectivity index (χ3n) is 4.31. The van der Waals surface area contributed by atoms with Crippen molar-refractivity contribution in [3.8, 4) is 6.07 Å². The molecule has 3 rings (SSSR count). The predicted molar refractivity (Wildman–Crippen MR) is 85.3 cm³/mol. The van der Waals surface area contributed by atoms with Crippen LogP contribution in [0.2, 0.25) is 0 Å². The van der Waals surface area contributed by atoms with Crippen molar-refractivity contribution in [1.29, 1.82) is 5.26 Å². The lowest BCUT2D eigenvalue weighted by Gasteiger charge is -2.31. The Bertz CT molecular complexity index is 610. The van der Waals surface area contributed by atoms with Crippen LogP contribution in [0.25, 0.3) is 0 Å². The first-order valence-electron chi connectivity index (χ1n) is 7.90. The van der Waals surface area contributed by atoms with E-state index in [0.717, 1.165) is 42.9 Å². The van der Waals surface area contributed by atoms with Gasteiger partial charge in [-0.3, -0.25) is 4.79 Å². The van der Waals surface area contributed by atoms with Crippen LogP contribution < -0.4 is 10.2 Å². The van der Waals surface area contributed by atoms with E-state index in [2.05, 4.69) is 11.4 Å². The Morgan fingerprint density at radius 1 is 1.41 bits per heavy atom. The van der Waals surface area contributed by atoms with Gasteiger partial charge in [0.2, 0.25) is 0 Å². The Labute approximate surface area is 134 Å². The molecule has 1 aromatic rings. The fourth-order valence-electron chi connectivity index (χ4n) is 3.54. The smallest absolute Gasteiger partial charge is 0.280 e. The van der Waals surface area contributed by atoms with Crippen LogP contribution in [0.1, 0.15) is 36.3 Å². The Balaban J connectivity index is 1.64. The number of quaternary nitrogens is 1.